The Morgan fingerprint density at radius 1 is 1.25 bits per heavy atom. The fourth-order valence-electron chi connectivity index (χ4n) is 1.08. The summed E-state index contributed by atoms with van der Waals surface area (Å²) < 4.78 is 4.41. The maximum absolute atomic E-state index is 11.2. The van der Waals surface area contributed by atoms with E-state index in [0.29, 0.717) is 13.2 Å². The first-order valence-electron chi connectivity index (χ1n) is 5.30. The predicted octanol–water partition coefficient (Wildman–Crippen LogP) is 2.11. The van der Waals surface area contributed by atoms with Crippen LogP contribution >= 0.6 is 23.6 Å². The van der Waals surface area contributed by atoms with Gasteiger partial charge in [-0.2, -0.15) is 0 Å². The van der Waals surface area contributed by atoms with Crippen molar-refractivity contribution in [1.29, 1.82) is 0 Å². The zero-order chi connectivity index (χ0) is 12.2. The Morgan fingerprint density at radius 2 is 1.94 bits per heavy atom. The second-order valence-corrected chi connectivity index (χ2v) is 4.73. The number of nitrogens with one attached hydrogen (secondary N) is 1. The summed E-state index contributed by atoms with van der Waals surface area (Å²) in [7, 11) is 0. The van der Waals surface area contributed by atoms with Crippen LogP contribution in [0.3, 0.4) is 0 Å². The second kappa shape index (κ2) is 11.2. The number of hydrogen-bond donors (Lipinski definition) is 1. The molecule has 0 saturated carbocycles. The minimum absolute atomic E-state index is 0.0313. The van der Waals surface area contributed by atoms with Crippen LogP contribution in [0.1, 0.15) is 32.6 Å². The molecule has 0 atom stereocenters. The fourth-order valence-corrected chi connectivity index (χ4v) is 1.63. The van der Waals surface area contributed by atoms with E-state index in [4.69, 9.17) is 11.9 Å². The van der Waals surface area contributed by atoms with E-state index in [0.717, 1.165) is 37.4 Å². The third-order valence-electron chi connectivity index (χ3n) is 1.88. The zero-order valence-electron chi connectivity index (χ0n) is 9.46. The van der Waals surface area contributed by atoms with E-state index in [1.54, 1.807) is 0 Å². The van der Waals surface area contributed by atoms with Crippen LogP contribution in [0, 0.1) is 0 Å². The van der Waals surface area contributed by atoms with Gasteiger partial charge in [0.05, 0.1) is 24.2 Å². The summed E-state index contributed by atoms with van der Waals surface area (Å²) in [5, 5.41) is 2.73. The molecule has 0 fully saturated rings. The molecule has 0 aliphatic rings. The van der Waals surface area contributed by atoms with Crippen molar-refractivity contribution in [2.75, 3.05) is 18.9 Å². The van der Waals surface area contributed by atoms with Crippen LogP contribution in [-0.2, 0) is 13.9 Å². The molecular formula is C10H18ClNO3S. The van der Waals surface area contributed by atoms with Crippen molar-refractivity contribution in [3.63, 3.8) is 0 Å². The van der Waals surface area contributed by atoms with Crippen molar-refractivity contribution in [3.05, 3.63) is 0 Å². The number of amides is 1. The number of hydrogen-bond acceptors (Lipinski definition) is 4. The lowest BCUT2D eigenvalue weighted by atomic mass is 10.2. The van der Waals surface area contributed by atoms with Crippen molar-refractivity contribution < 1.29 is 13.9 Å². The zero-order valence-corrected chi connectivity index (χ0v) is 11.0. The van der Waals surface area contributed by atoms with Gasteiger partial charge in [0, 0.05) is 13.5 Å². The summed E-state index contributed by atoms with van der Waals surface area (Å²) in [6.07, 6.45) is 3.97. The lowest BCUT2D eigenvalue weighted by Gasteiger charge is -2.03. The quantitative estimate of drug-likeness (QED) is 0.650. The summed E-state index contributed by atoms with van der Waals surface area (Å²) in [5.74, 6) is 0.138. The standard InChI is InChI=1S/C10H18ClNO3S/c1-9(13)16-8-10(14)12-6-4-2-3-5-7-15-11/h2-8H2,1H3,(H,12,14). The molecule has 1 N–H and O–H groups in total. The number of carbonyl (C=O) groups is 2. The van der Waals surface area contributed by atoms with E-state index in [9.17, 15) is 9.59 Å². The minimum Gasteiger partial charge on any atom is -0.355 e. The molecule has 0 saturated heterocycles. The monoisotopic (exact) mass is 267 g/mol. The van der Waals surface area contributed by atoms with Crippen LogP contribution in [-0.4, -0.2) is 29.9 Å². The van der Waals surface area contributed by atoms with E-state index in [-0.39, 0.29) is 16.8 Å². The smallest absolute Gasteiger partial charge is 0.230 e. The molecule has 6 heteroatoms. The van der Waals surface area contributed by atoms with Crippen molar-refractivity contribution in [2.45, 2.75) is 32.6 Å². The second-order valence-electron chi connectivity index (χ2n) is 3.36. The van der Waals surface area contributed by atoms with Gasteiger partial charge in [0.1, 0.15) is 0 Å². The first-order valence-corrected chi connectivity index (χ1v) is 6.60. The first-order chi connectivity index (χ1) is 7.66. The third-order valence-corrected chi connectivity index (χ3v) is 2.84. The Kier molecular flexibility index (Phi) is 11.0. The summed E-state index contributed by atoms with van der Waals surface area (Å²) in [5.41, 5.74) is 0. The Bertz CT molecular complexity index is 214. The van der Waals surface area contributed by atoms with Gasteiger partial charge in [0.25, 0.3) is 0 Å². The Morgan fingerprint density at radius 3 is 2.56 bits per heavy atom. The van der Waals surface area contributed by atoms with Crippen LogP contribution in [0.4, 0.5) is 0 Å². The molecule has 16 heavy (non-hydrogen) atoms. The van der Waals surface area contributed by atoms with Gasteiger partial charge < -0.3 is 5.32 Å². The predicted molar refractivity (Wildman–Crippen MR) is 66.4 cm³/mol. The molecule has 94 valence electrons. The van der Waals surface area contributed by atoms with E-state index in [1.807, 2.05) is 0 Å². The van der Waals surface area contributed by atoms with Crippen LogP contribution in [0.5, 0.6) is 0 Å². The SMILES string of the molecule is CC(=O)SCC(=O)NCCCCCCOCl. The normalized spacial score (nSPS) is 10.1. The number of unbranched alkanes of at least 4 members (excludes halogenated alkanes) is 3. The largest absolute Gasteiger partial charge is 0.355 e. The van der Waals surface area contributed by atoms with Crippen LogP contribution in [0.2, 0.25) is 0 Å². The molecule has 0 radical (unpaired) electrons. The highest BCUT2D eigenvalue weighted by Gasteiger charge is 2.02. The summed E-state index contributed by atoms with van der Waals surface area (Å²) in [6, 6.07) is 0. The first kappa shape index (κ1) is 15.7. The molecule has 0 aliphatic carbocycles. The van der Waals surface area contributed by atoms with E-state index >= 15 is 0 Å². The third kappa shape index (κ3) is 11.8. The highest BCUT2D eigenvalue weighted by molar-refractivity contribution is 8.14. The maximum Gasteiger partial charge on any atom is 0.230 e. The van der Waals surface area contributed by atoms with E-state index in [2.05, 4.69) is 9.61 Å². The molecule has 0 heterocycles. The van der Waals surface area contributed by atoms with Gasteiger partial charge in [0.2, 0.25) is 5.91 Å². The Balaban J connectivity index is 3.18. The van der Waals surface area contributed by atoms with Gasteiger partial charge in [-0.1, -0.05) is 24.6 Å². The number of rotatable bonds is 9. The van der Waals surface area contributed by atoms with Gasteiger partial charge in [0.15, 0.2) is 5.12 Å². The summed E-state index contributed by atoms with van der Waals surface area (Å²) >= 11 is 6.09. The van der Waals surface area contributed by atoms with Crippen molar-refractivity contribution >= 4 is 34.7 Å². The minimum atomic E-state index is -0.0794. The van der Waals surface area contributed by atoms with Gasteiger partial charge >= 0.3 is 0 Å². The molecule has 0 bridgehead atoms. The lowest BCUT2D eigenvalue weighted by molar-refractivity contribution is -0.118. The highest BCUT2D eigenvalue weighted by atomic mass is 35.5. The number of halogens is 1. The average molecular weight is 268 g/mol. The molecule has 0 aromatic carbocycles. The molecule has 0 rings (SSSR count). The van der Waals surface area contributed by atoms with Crippen LogP contribution < -0.4 is 5.32 Å². The highest BCUT2D eigenvalue weighted by Crippen LogP contribution is 2.01. The van der Waals surface area contributed by atoms with Gasteiger partial charge in [-0.3, -0.25) is 13.9 Å². The van der Waals surface area contributed by atoms with Crippen LogP contribution in [0.25, 0.3) is 0 Å². The molecule has 0 aromatic heterocycles. The van der Waals surface area contributed by atoms with E-state index in [1.165, 1.54) is 6.92 Å². The lowest BCUT2D eigenvalue weighted by Crippen LogP contribution is -2.26. The maximum atomic E-state index is 11.2. The average Bonchev–Trinajstić information content (AvgIpc) is 2.25. The number of thioether (sulfide) groups is 1. The Labute approximate surface area is 106 Å². The molecule has 4 nitrogen and oxygen atoms in total. The molecule has 0 spiro atoms. The topological polar surface area (TPSA) is 55.4 Å². The van der Waals surface area contributed by atoms with E-state index < -0.39 is 0 Å². The van der Waals surface area contributed by atoms with Gasteiger partial charge in [-0.25, -0.2) is 0 Å². The number of carbonyl (C=O) groups excluding carboxylic acids is 2. The van der Waals surface area contributed by atoms with Crippen LogP contribution in [0.15, 0.2) is 0 Å². The molecule has 0 aliphatic heterocycles. The van der Waals surface area contributed by atoms with Gasteiger partial charge in [-0.05, 0) is 12.8 Å². The molecular weight excluding hydrogens is 250 g/mol. The molecule has 0 unspecified atom stereocenters. The Hall–Kier alpha value is -0.260. The molecule has 1 amide bonds. The van der Waals surface area contributed by atoms with Crippen molar-refractivity contribution in [1.82, 2.24) is 5.32 Å². The summed E-state index contributed by atoms with van der Waals surface area (Å²) in [6.45, 7) is 2.69. The fraction of sp³-hybridized carbons (Fsp3) is 0.800. The van der Waals surface area contributed by atoms with Crippen molar-refractivity contribution in [3.8, 4) is 0 Å². The summed E-state index contributed by atoms with van der Waals surface area (Å²) in [4.78, 5) is 21.7. The van der Waals surface area contributed by atoms with Gasteiger partial charge in [-0.15, -0.1) is 0 Å². The van der Waals surface area contributed by atoms with Crippen molar-refractivity contribution in [2.24, 2.45) is 0 Å². The molecule has 0 aromatic rings.